The Morgan fingerprint density at radius 2 is 1.89 bits per heavy atom. The number of fused-ring (bicyclic) bond motifs is 1. The van der Waals surface area contributed by atoms with E-state index in [9.17, 15) is 9.59 Å². The largest absolute Gasteiger partial charge is 0.347 e. The van der Waals surface area contributed by atoms with Gasteiger partial charge in [0, 0.05) is 24.2 Å². The molecular weight excluding hydrogens is 354 g/mol. The maximum absolute atomic E-state index is 12.4. The van der Waals surface area contributed by atoms with Crippen molar-refractivity contribution in [2.75, 3.05) is 32.7 Å². The van der Waals surface area contributed by atoms with Gasteiger partial charge in [0.05, 0.1) is 13.1 Å². The Morgan fingerprint density at radius 1 is 1.18 bits per heavy atom. The number of hydrogen-bond donors (Lipinski definition) is 3. The predicted molar refractivity (Wildman–Crippen MR) is 109 cm³/mol. The van der Waals surface area contributed by atoms with E-state index in [4.69, 9.17) is 0 Å². The molecule has 1 aliphatic rings. The summed E-state index contributed by atoms with van der Waals surface area (Å²) in [5.41, 5.74) is 2.38. The fraction of sp³-hybridized carbons (Fsp3) is 0.571. The monoisotopic (exact) mass is 387 g/mol. The minimum absolute atomic E-state index is 0.0241. The Morgan fingerprint density at radius 3 is 2.64 bits per heavy atom. The van der Waals surface area contributed by atoms with Crippen LogP contribution >= 0.6 is 0 Å². The highest BCUT2D eigenvalue weighted by Gasteiger charge is 2.24. The molecule has 28 heavy (non-hydrogen) atoms. The van der Waals surface area contributed by atoms with Gasteiger partial charge in [0.15, 0.2) is 6.54 Å². The number of hydrogen-bond acceptors (Lipinski definition) is 3. The first-order valence-electron chi connectivity index (χ1n) is 10.2. The second kappa shape index (κ2) is 8.41. The summed E-state index contributed by atoms with van der Waals surface area (Å²) in [5.74, 6) is 0.116. The van der Waals surface area contributed by atoms with Gasteiger partial charge in [0.25, 0.3) is 11.5 Å². The number of carbonyl (C=O) groups is 1. The van der Waals surface area contributed by atoms with Gasteiger partial charge in [-0.25, -0.2) is 4.98 Å². The van der Waals surface area contributed by atoms with E-state index in [-0.39, 0.29) is 17.0 Å². The maximum Gasteiger partial charge on any atom is 0.275 e. The van der Waals surface area contributed by atoms with Crippen molar-refractivity contribution in [1.29, 1.82) is 0 Å². The molecule has 1 aliphatic heterocycles. The van der Waals surface area contributed by atoms with Crippen LogP contribution in [-0.2, 0) is 11.3 Å². The Bertz CT molecular complexity index is 900. The molecule has 0 radical (unpaired) electrons. The van der Waals surface area contributed by atoms with Crippen LogP contribution in [0.5, 0.6) is 0 Å². The molecule has 0 aliphatic carbocycles. The molecule has 1 fully saturated rings. The zero-order valence-electron chi connectivity index (χ0n) is 17.5. The van der Waals surface area contributed by atoms with Crippen molar-refractivity contribution in [2.45, 2.75) is 46.2 Å². The highest BCUT2D eigenvalue weighted by molar-refractivity contribution is 5.77. The first-order chi connectivity index (χ1) is 13.2. The van der Waals surface area contributed by atoms with E-state index < -0.39 is 0 Å². The van der Waals surface area contributed by atoms with Crippen LogP contribution in [0.15, 0.2) is 29.2 Å². The second-order valence-electron chi connectivity index (χ2n) is 9.03. The van der Waals surface area contributed by atoms with Gasteiger partial charge >= 0.3 is 0 Å². The molecule has 0 bridgehead atoms. The van der Waals surface area contributed by atoms with Gasteiger partial charge < -0.3 is 15.1 Å². The van der Waals surface area contributed by atoms with Crippen molar-refractivity contribution < 1.29 is 14.6 Å². The number of nitrogens with one attached hydrogen (secondary N) is 3. The molecule has 152 valence electrons. The lowest BCUT2D eigenvalue weighted by Crippen LogP contribution is -3.17. The van der Waals surface area contributed by atoms with E-state index >= 15 is 0 Å². The minimum atomic E-state index is -0.187. The molecular formula is C21H33N5O2+2. The van der Waals surface area contributed by atoms with Crippen LogP contribution in [0.4, 0.5) is 0 Å². The van der Waals surface area contributed by atoms with Gasteiger partial charge in [-0.05, 0) is 39.3 Å². The smallest absolute Gasteiger partial charge is 0.275 e. The summed E-state index contributed by atoms with van der Waals surface area (Å²) in [7, 11) is 0. The van der Waals surface area contributed by atoms with Crippen LogP contribution in [0.1, 0.15) is 38.4 Å². The van der Waals surface area contributed by atoms with E-state index in [0.717, 1.165) is 50.4 Å². The van der Waals surface area contributed by atoms with Crippen molar-refractivity contribution in [1.82, 2.24) is 14.7 Å². The van der Waals surface area contributed by atoms with Crippen LogP contribution in [0.25, 0.3) is 5.65 Å². The average Bonchev–Trinajstić information content (AvgIpc) is 2.79. The van der Waals surface area contributed by atoms with E-state index in [0.29, 0.717) is 12.2 Å². The number of quaternary nitrogens is 2. The lowest BCUT2D eigenvalue weighted by molar-refractivity contribution is -0.943. The predicted octanol–water partition coefficient (Wildman–Crippen LogP) is -1.41. The zero-order chi connectivity index (χ0) is 20.3. The lowest BCUT2D eigenvalue weighted by Gasteiger charge is -2.22. The van der Waals surface area contributed by atoms with Gasteiger partial charge in [-0.15, -0.1) is 0 Å². The van der Waals surface area contributed by atoms with Crippen LogP contribution in [0.2, 0.25) is 0 Å². The van der Waals surface area contributed by atoms with Crippen molar-refractivity contribution in [3.05, 3.63) is 46.0 Å². The Kier molecular flexibility index (Phi) is 6.15. The fourth-order valence-electron chi connectivity index (χ4n) is 3.84. The molecule has 7 nitrogen and oxygen atoms in total. The SMILES string of the molecule is Cc1ccc2nc(C[NH+]3CCC[NH+](CC(=O)NC(C)(C)C)CC3)cc(=O)n2c1. The normalized spacial score (nSPS) is 20.7. The summed E-state index contributed by atoms with van der Waals surface area (Å²) < 4.78 is 1.61. The Balaban J connectivity index is 1.60. The van der Waals surface area contributed by atoms with Gasteiger partial charge in [-0.2, -0.15) is 0 Å². The minimum Gasteiger partial charge on any atom is -0.347 e. The maximum atomic E-state index is 12.4. The molecule has 3 N–H and O–H groups in total. The van der Waals surface area contributed by atoms with E-state index in [1.807, 2.05) is 46.0 Å². The molecule has 2 aromatic heterocycles. The molecule has 3 rings (SSSR count). The summed E-state index contributed by atoms with van der Waals surface area (Å²) in [6.07, 6.45) is 2.90. The molecule has 0 aromatic carbocycles. The number of carbonyl (C=O) groups excluding carboxylic acids is 1. The summed E-state index contributed by atoms with van der Waals surface area (Å²) in [5, 5.41) is 3.05. The van der Waals surface area contributed by atoms with E-state index in [2.05, 4.69) is 10.3 Å². The zero-order valence-corrected chi connectivity index (χ0v) is 17.5. The number of pyridine rings is 1. The molecule has 0 saturated carbocycles. The van der Waals surface area contributed by atoms with Crippen molar-refractivity contribution in [2.24, 2.45) is 0 Å². The first kappa shape index (κ1) is 20.5. The number of rotatable bonds is 4. The average molecular weight is 388 g/mol. The molecule has 1 amide bonds. The number of nitrogens with zero attached hydrogens (tertiary/aromatic N) is 2. The van der Waals surface area contributed by atoms with Crippen LogP contribution in [0, 0.1) is 6.92 Å². The number of amides is 1. The first-order valence-corrected chi connectivity index (χ1v) is 10.2. The van der Waals surface area contributed by atoms with Crippen LogP contribution < -0.4 is 20.7 Å². The standard InChI is InChI=1S/C21H31N5O2/c1-16-6-7-18-22-17(12-20(28)26(18)13-16)14-24-8-5-9-25(11-10-24)15-19(27)23-21(2,3)4/h6-7,12-13H,5,8-11,14-15H2,1-4H3,(H,23,27)/p+2. The number of aryl methyl sites for hydroxylation is 1. The van der Waals surface area contributed by atoms with Crippen molar-refractivity contribution in [3.63, 3.8) is 0 Å². The summed E-state index contributed by atoms with van der Waals surface area (Å²) in [4.78, 5) is 32.1. The third kappa shape index (κ3) is 5.62. The van der Waals surface area contributed by atoms with Gasteiger partial charge in [-0.1, -0.05) is 6.07 Å². The quantitative estimate of drug-likeness (QED) is 0.604. The number of aromatic nitrogens is 2. The summed E-state index contributed by atoms with van der Waals surface area (Å²) in [6.45, 7) is 13.3. The summed E-state index contributed by atoms with van der Waals surface area (Å²) >= 11 is 0. The summed E-state index contributed by atoms with van der Waals surface area (Å²) in [6, 6.07) is 5.54. The third-order valence-corrected chi connectivity index (χ3v) is 5.11. The van der Waals surface area contributed by atoms with Crippen LogP contribution in [-0.4, -0.2) is 53.6 Å². The Labute approximate surface area is 166 Å². The molecule has 0 spiro atoms. The fourth-order valence-corrected chi connectivity index (χ4v) is 3.84. The topological polar surface area (TPSA) is 72.3 Å². The van der Waals surface area contributed by atoms with Crippen molar-refractivity contribution in [3.8, 4) is 0 Å². The lowest BCUT2D eigenvalue weighted by atomic mass is 10.1. The van der Waals surface area contributed by atoms with Crippen molar-refractivity contribution >= 4 is 11.6 Å². The molecule has 2 aromatic rings. The molecule has 1 saturated heterocycles. The van der Waals surface area contributed by atoms with E-state index in [1.165, 1.54) is 9.80 Å². The second-order valence-corrected chi connectivity index (χ2v) is 9.03. The van der Waals surface area contributed by atoms with Gasteiger partial charge in [-0.3, -0.25) is 14.0 Å². The molecule has 2 atom stereocenters. The van der Waals surface area contributed by atoms with Crippen LogP contribution in [0.3, 0.4) is 0 Å². The molecule has 3 heterocycles. The van der Waals surface area contributed by atoms with Gasteiger partial charge in [0.1, 0.15) is 31.0 Å². The van der Waals surface area contributed by atoms with Gasteiger partial charge in [0.2, 0.25) is 0 Å². The highest BCUT2D eigenvalue weighted by Crippen LogP contribution is 2.02. The third-order valence-electron chi connectivity index (χ3n) is 5.11. The molecule has 7 heteroatoms. The molecule has 2 unspecified atom stereocenters. The Hall–Kier alpha value is -2.25. The van der Waals surface area contributed by atoms with E-state index in [1.54, 1.807) is 10.5 Å². The highest BCUT2D eigenvalue weighted by atomic mass is 16.2.